The second kappa shape index (κ2) is 10.9. The highest BCUT2D eigenvalue weighted by Crippen LogP contribution is 2.06. The van der Waals surface area contributed by atoms with Crippen molar-refractivity contribution in [1.29, 1.82) is 0 Å². The first-order chi connectivity index (χ1) is 7.27. The van der Waals surface area contributed by atoms with Crippen molar-refractivity contribution in [2.45, 2.75) is 51.9 Å². The Balaban J connectivity index is 2.98. The topological polar surface area (TPSA) is 62.7 Å². The van der Waals surface area contributed by atoms with Gasteiger partial charge in [-0.15, -0.1) is 0 Å². The molecule has 4 nitrogen and oxygen atoms in total. The number of nitrogens with zero attached hydrogens (tertiary/aromatic N) is 2. The van der Waals surface area contributed by atoms with Gasteiger partial charge in [0, 0.05) is 13.3 Å². The summed E-state index contributed by atoms with van der Waals surface area (Å²) in [6.07, 6.45) is 9.06. The van der Waals surface area contributed by atoms with Crippen molar-refractivity contribution in [3.05, 3.63) is 5.53 Å². The van der Waals surface area contributed by atoms with Crippen molar-refractivity contribution >= 4 is 12.2 Å². The van der Waals surface area contributed by atoms with Crippen molar-refractivity contribution in [2.75, 3.05) is 6.61 Å². The summed E-state index contributed by atoms with van der Waals surface area (Å²) in [5, 5.41) is 0. The molecule has 0 amide bonds. The summed E-state index contributed by atoms with van der Waals surface area (Å²) in [5.74, 6) is -0.196. The van der Waals surface area contributed by atoms with Crippen LogP contribution < -0.4 is 0 Å². The lowest BCUT2D eigenvalue weighted by Gasteiger charge is -2.01. The summed E-state index contributed by atoms with van der Waals surface area (Å²) in [5.41, 5.74) is 8.14. The molecule has 0 radical (unpaired) electrons. The molecule has 15 heavy (non-hydrogen) atoms. The number of hydrogen-bond acceptors (Lipinski definition) is 2. The first-order valence-corrected chi connectivity index (χ1v) is 5.56. The summed E-state index contributed by atoms with van der Waals surface area (Å²) in [6.45, 7) is 1.98. The van der Waals surface area contributed by atoms with Gasteiger partial charge in [0.15, 0.2) is 0 Å². The van der Waals surface area contributed by atoms with Crippen LogP contribution in [0.15, 0.2) is 0 Å². The summed E-state index contributed by atoms with van der Waals surface area (Å²) < 4.78 is 4.82. The highest BCUT2D eigenvalue weighted by molar-refractivity contribution is 5.65. The summed E-state index contributed by atoms with van der Waals surface area (Å²) in [6, 6.07) is 0. The maximum absolute atomic E-state index is 10.4. The third-order valence-electron chi connectivity index (χ3n) is 2.11. The van der Waals surface area contributed by atoms with E-state index in [9.17, 15) is 4.79 Å². The van der Waals surface area contributed by atoms with Gasteiger partial charge in [-0.05, 0) is 12.8 Å². The molecule has 0 aromatic heterocycles. The van der Waals surface area contributed by atoms with E-state index in [-0.39, 0.29) is 5.97 Å². The fourth-order valence-corrected chi connectivity index (χ4v) is 1.32. The number of carbonyl (C=O) groups excluding carboxylic acids is 1. The third kappa shape index (κ3) is 12.8. The van der Waals surface area contributed by atoms with Crippen LogP contribution in [-0.2, 0) is 9.53 Å². The monoisotopic (exact) mass is 212 g/mol. The lowest BCUT2D eigenvalue weighted by molar-refractivity contribution is -0.141. The number of esters is 1. The first-order valence-electron chi connectivity index (χ1n) is 5.56. The van der Waals surface area contributed by atoms with Crippen LogP contribution >= 0.6 is 0 Å². The van der Waals surface area contributed by atoms with Gasteiger partial charge in [-0.1, -0.05) is 25.7 Å². The number of carbonyl (C=O) groups is 1. The van der Waals surface area contributed by atoms with E-state index in [4.69, 9.17) is 10.3 Å². The molecule has 86 valence electrons. The van der Waals surface area contributed by atoms with Crippen molar-refractivity contribution in [2.24, 2.45) is 0 Å². The molecule has 0 spiro atoms. The van der Waals surface area contributed by atoms with Gasteiger partial charge < -0.3 is 10.3 Å². The van der Waals surface area contributed by atoms with Crippen LogP contribution in [0.5, 0.6) is 0 Å². The Morgan fingerprint density at radius 1 is 1.20 bits per heavy atom. The molecule has 0 bridgehead atoms. The molecule has 0 aromatic rings. The Morgan fingerprint density at radius 3 is 2.40 bits per heavy atom. The molecule has 0 heterocycles. The molecule has 0 saturated heterocycles. The lowest BCUT2D eigenvalue weighted by atomic mass is 10.1. The van der Waals surface area contributed by atoms with E-state index >= 15 is 0 Å². The summed E-state index contributed by atoms with van der Waals surface area (Å²) in [4.78, 5) is 13.4. The Kier molecular flexibility index (Phi) is 10.1. The molecule has 4 heteroatoms. The number of hydrogen-bond donors (Lipinski definition) is 0. The Bertz CT molecular complexity index is 203. The Labute approximate surface area is 91.2 Å². The average molecular weight is 212 g/mol. The quantitative estimate of drug-likeness (QED) is 0.194. The van der Waals surface area contributed by atoms with Gasteiger partial charge in [0.05, 0.1) is 6.61 Å². The maximum atomic E-state index is 10.4. The van der Waals surface area contributed by atoms with Gasteiger partial charge in [-0.3, -0.25) is 4.79 Å². The highest BCUT2D eigenvalue weighted by Gasteiger charge is 1.94. The zero-order chi connectivity index (χ0) is 11.4. The third-order valence-corrected chi connectivity index (χ3v) is 2.11. The van der Waals surface area contributed by atoms with Gasteiger partial charge in [0.25, 0.3) is 6.21 Å². The average Bonchev–Trinajstić information content (AvgIpc) is 2.20. The van der Waals surface area contributed by atoms with Crippen LogP contribution in [0.4, 0.5) is 0 Å². The van der Waals surface area contributed by atoms with E-state index < -0.39 is 0 Å². The first kappa shape index (κ1) is 13.8. The van der Waals surface area contributed by atoms with Crippen molar-refractivity contribution < 1.29 is 14.3 Å². The molecule has 0 atom stereocenters. The number of rotatable bonds is 9. The normalized spacial score (nSPS) is 9.40. The van der Waals surface area contributed by atoms with E-state index in [1.54, 1.807) is 0 Å². The van der Waals surface area contributed by atoms with Gasteiger partial charge in [-0.25, -0.2) is 0 Å². The van der Waals surface area contributed by atoms with E-state index in [1.807, 2.05) is 0 Å². The fourth-order valence-electron chi connectivity index (χ4n) is 1.32. The molecule has 0 unspecified atom stereocenters. The fraction of sp³-hybridized carbons (Fsp3) is 0.818. The SMILES string of the molecule is CC(=O)OCCCCCCCCC=[N+]=[N-]. The number of unbranched alkanes of at least 4 members (excludes halogenated alkanes) is 6. The highest BCUT2D eigenvalue weighted by atomic mass is 16.5. The Morgan fingerprint density at radius 2 is 1.80 bits per heavy atom. The smallest absolute Gasteiger partial charge is 0.302 e. The van der Waals surface area contributed by atoms with Crippen LogP contribution in [0.25, 0.3) is 5.53 Å². The number of ether oxygens (including phenoxy) is 1. The molecule has 0 saturated carbocycles. The van der Waals surface area contributed by atoms with E-state index in [0.717, 1.165) is 25.7 Å². The minimum atomic E-state index is -0.196. The van der Waals surface area contributed by atoms with E-state index in [2.05, 4.69) is 4.79 Å². The lowest BCUT2D eigenvalue weighted by Crippen LogP contribution is -2.00. The van der Waals surface area contributed by atoms with E-state index in [1.165, 1.54) is 32.4 Å². The second-order valence-electron chi connectivity index (χ2n) is 3.55. The van der Waals surface area contributed by atoms with Crippen molar-refractivity contribution in [3.63, 3.8) is 0 Å². The predicted molar refractivity (Wildman–Crippen MR) is 58.6 cm³/mol. The van der Waals surface area contributed by atoms with Gasteiger partial charge in [0.2, 0.25) is 0 Å². The second-order valence-corrected chi connectivity index (χ2v) is 3.55. The largest absolute Gasteiger partial charge is 0.466 e. The predicted octanol–water partition coefficient (Wildman–Crippen LogP) is 2.58. The molecule has 0 rings (SSSR count). The minimum absolute atomic E-state index is 0.196. The van der Waals surface area contributed by atoms with E-state index in [0.29, 0.717) is 6.61 Å². The standard InChI is InChI=1S/C11H20N2O2/c1-11(14)15-10-8-6-4-2-3-5-7-9-13-12/h9H,2-8,10H2,1H3. The van der Waals surface area contributed by atoms with Crippen LogP contribution in [0.2, 0.25) is 0 Å². The van der Waals surface area contributed by atoms with Crippen LogP contribution in [0.1, 0.15) is 51.9 Å². The maximum Gasteiger partial charge on any atom is 0.302 e. The zero-order valence-electron chi connectivity index (χ0n) is 9.45. The Hall–Kier alpha value is -1.15. The molecule has 0 N–H and O–H groups in total. The van der Waals surface area contributed by atoms with Gasteiger partial charge in [0.1, 0.15) is 0 Å². The minimum Gasteiger partial charge on any atom is -0.466 e. The molecule has 0 aromatic carbocycles. The molecular formula is C11H20N2O2. The van der Waals surface area contributed by atoms with Gasteiger partial charge >= 0.3 is 5.97 Å². The van der Waals surface area contributed by atoms with Crippen LogP contribution in [-0.4, -0.2) is 23.6 Å². The molecule has 0 aliphatic rings. The molecule has 0 aliphatic heterocycles. The summed E-state index contributed by atoms with van der Waals surface area (Å²) in [7, 11) is 0. The van der Waals surface area contributed by atoms with Gasteiger partial charge in [-0.2, -0.15) is 4.79 Å². The molecular weight excluding hydrogens is 192 g/mol. The van der Waals surface area contributed by atoms with Crippen LogP contribution in [0.3, 0.4) is 0 Å². The summed E-state index contributed by atoms with van der Waals surface area (Å²) >= 11 is 0. The van der Waals surface area contributed by atoms with Crippen LogP contribution in [0, 0.1) is 0 Å². The molecule has 0 aliphatic carbocycles. The molecule has 0 fully saturated rings. The van der Waals surface area contributed by atoms with Crippen molar-refractivity contribution in [1.82, 2.24) is 0 Å². The van der Waals surface area contributed by atoms with Crippen molar-refractivity contribution in [3.8, 4) is 0 Å². The zero-order valence-corrected chi connectivity index (χ0v) is 9.45.